The van der Waals surface area contributed by atoms with Crippen molar-refractivity contribution in [3.8, 4) is 0 Å². The number of amides is 3. The van der Waals surface area contributed by atoms with Gasteiger partial charge in [-0.2, -0.15) is 5.10 Å². The Hall–Kier alpha value is -4.67. The molecule has 3 aromatic heterocycles. The third-order valence-electron chi connectivity index (χ3n) is 6.00. The Balaban J connectivity index is 1.23. The zero-order valence-corrected chi connectivity index (χ0v) is 21.6. The van der Waals surface area contributed by atoms with Crippen LogP contribution in [-0.4, -0.2) is 49.4 Å². The maximum Gasteiger partial charge on any atom is 0.412 e. The molecule has 3 N–H and O–H groups in total. The Bertz CT molecular complexity index is 1530. The molecule has 0 unspecified atom stereocenters. The molecule has 4 aromatic rings. The smallest absolute Gasteiger partial charge is 0.412 e. The molecule has 0 fully saturated rings. The Morgan fingerprint density at radius 2 is 1.89 bits per heavy atom. The maximum absolute atomic E-state index is 12.9. The van der Waals surface area contributed by atoms with Crippen LogP contribution in [0.5, 0.6) is 0 Å². The van der Waals surface area contributed by atoms with Crippen LogP contribution in [0.2, 0.25) is 0 Å². The highest BCUT2D eigenvalue weighted by Crippen LogP contribution is 2.26. The predicted octanol–water partition coefficient (Wildman–Crippen LogP) is 4.18. The molecule has 1 aromatic carbocycles. The first-order valence-corrected chi connectivity index (χ1v) is 12.3. The van der Waals surface area contributed by atoms with E-state index >= 15 is 0 Å². The molecule has 0 bridgehead atoms. The van der Waals surface area contributed by atoms with Crippen molar-refractivity contribution in [2.24, 2.45) is 0 Å². The molecule has 0 spiro atoms. The molecule has 0 saturated carbocycles. The quantitative estimate of drug-likeness (QED) is 0.365. The number of rotatable bonds is 5. The van der Waals surface area contributed by atoms with Gasteiger partial charge in [0, 0.05) is 23.8 Å². The highest BCUT2D eigenvalue weighted by molar-refractivity contribution is 6.04. The number of aromatic nitrogens is 4. The molecule has 4 heterocycles. The predicted molar refractivity (Wildman–Crippen MR) is 142 cm³/mol. The van der Waals surface area contributed by atoms with E-state index in [2.05, 4.69) is 26.0 Å². The van der Waals surface area contributed by atoms with Crippen LogP contribution in [0.3, 0.4) is 0 Å². The van der Waals surface area contributed by atoms with E-state index in [0.717, 1.165) is 10.9 Å². The molecule has 1 atom stereocenters. The minimum Gasteiger partial charge on any atom is -0.444 e. The third-order valence-corrected chi connectivity index (χ3v) is 6.00. The zero-order chi connectivity index (χ0) is 27.0. The molecule has 38 heavy (non-hydrogen) atoms. The first kappa shape index (κ1) is 25.0. The summed E-state index contributed by atoms with van der Waals surface area (Å²) >= 11 is 0. The molecule has 1 aliphatic heterocycles. The van der Waals surface area contributed by atoms with E-state index < -0.39 is 11.7 Å². The Labute approximate surface area is 219 Å². The number of carbonyl (C=O) groups excluding carboxylic acids is 3. The second kappa shape index (κ2) is 9.66. The summed E-state index contributed by atoms with van der Waals surface area (Å²) in [6.07, 6.45) is 2.64. The molecule has 196 valence electrons. The highest BCUT2D eigenvalue weighted by Gasteiger charge is 2.25. The zero-order valence-electron chi connectivity index (χ0n) is 21.6. The number of hydrogen-bond donors (Lipinski definition) is 3. The minimum absolute atomic E-state index is 0.0547. The number of hydrogen-bond acceptors (Lipinski definition) is 6. The molecule has 0 radical (unpaired) electrons. The number of benzene rings is 1. The van der Waals surface area contributed by atoms with Gasteiger partial charge in [-0.1, -0.05) is 12.1 Å². The fourth-order valence-electron chi connectivity index (χ4n) is 4.27. The van der Waals surface area contributed by atoms with Gasteiger partial charge in [0.25, 0.3) is 11.8 Å². The van der Waals surface area contributed by atoms with E-state index in [4.69, 9.17) is 4.74 Å². The van der Waals surface area contributed by atoms with Gasteiger partial charge in [0.15, 0.2) is 0 Å². The second-order valence-electron chi connectivity index (χ2n) is 10.3. The molecule has 1 aliphatic rings. The lowest BCUT2D eigenvalue weighted by atomic mass is 10.2. The third kappa shape index (κ3) is 5.36. The Morgan fingerprint density at radius 3 is 2.63 bits per heavy atom. The van der Waals surface area contributed by atoms with Crippen molar-refractivity contribution in [3.05, 3.63) is 71.7 Å². The largest absolute Gasteiger partial charge is 0.444 e. The Morgan fingerprint density at radius 1 is 1.13 bits per heavy atom. The molecular formula is C27H29N7O4. The lowest BCUT2D eigenvalue weighted by molar-refractivity contribution is 0.0635. The fourth-order valence-corrected chi connectivity index (χ4v) is 4.27. The van der Waals surface area contributed by atoms with Crippen molar-refractivity contribution in [1.29, 1.82) is 0 Å². The normalized spacial score (nSPS) is 15.1. The van der Waals surface area contributed by atoms with Crippen LogP contribution in [0.15, 0.2) is 54.9 Å². The topological polar surface area (TPSA) is 132 Å². The first-order chi connectivity index (χ1) is 18.1. The maximum atomic E-state index is 12.9. The molecule has 11 nitrogen and oxygen atoms in total. The summed E-state index contributed by atoms with van der Waals surface area (Å²) in [7, 11) is 0. The summed E-state index contributed by atoms with van der Waals surface area (Å²) in [5, 5.41) is 13.5. The van der Waals surface area contributed by atoms with Crippen molar-refractivity contribution in [1.82, 2.24) is 24.6 Å². The van der Waals surface area contributed by atoms with Gasteiger partial charge in [-0.25, -0.2) is 9.78 Å². The van der Waals surface area contributed by atoms with Gasteiger partial charge < -0.3 is 19.9 Å². The van der Waals surface area contributed by atoms with Crippen LogP contribution in [-0.2, 0) is 11.3 Å². The standard InChI is InChI=1S/C27H29N7O4/c1-16-12-28-25(36)21-11-18-7-10-22(31-23(18)34(16)21)32-24(35)19-13-29-33(15-19)14-17-5-8-20(9-6-17)30-26(37)38-27(2,3)4/h5-11,13,15-16H,12,14H2,1-4H3,(H,28,36)(H,30,37)(H,31,32,35)/t16-/m1/s1. The van der Waals surface area contributed by atoms with Crippen LogP contribution in [0.1, 0.15) is 60.1 Å². The van der Waals surface area contributed by atoms with Gasteiger partial charge in [0.1, 0.15) is 22.8 Å². The summed E-state index contributed by atoms with van der Waals surface area (Å²) in [6.45, 7) is 8.39. The van der Waals surface area contributed by atoms with Gasteiger partial charge in [0.05, 0.1) is 24.3 Å². The first-order valence-electron chi connectivity index (χ1n) is 12.3. The second-order valence-corrected chi connectivity index (χ2v) is 10.3. The summed E-state index contributed by atoms with van der Waals surface area (Å²) in [5.41, 5.74) is 2.59. The van der Waals surface area contributed by atoms with Crippen molar-refractivity contribution >= 4 is 40.4 Å². The van der Waals surface area contributed by atoms with Gasteiger partial charge in [-0.15, -0.1) is 0 Å². The van der Waals surface area contributed by atoms with E-state index in [9.17, 15) is 14.4 Å². The van der Waals surface area contributed by atoms with Crippen LogP contribution < -0.4 is 16.0 Å². The number of carbonyl (C=O) groups is 3. The van der Waals surface area contributed by atoms with Gasteiger partial charge >= 0.3 is 6.09 Å². The summed E-state index contributed by atoms with van der Waals surface area (Å²) in [6, 6.07) is 12.7. The number of ether oxygens (including phenoxy) is 1. The monoisotopic (exact) mass is 515 g/mol. The minimum atomic E-state index is -0.574. The molecular weight excluding hydrogens is 486 g/mol. The molecule has 3 amide bonds. The van der Waals surface area contributed by atoms with Crippen LogP contribution in [0, 0.1) is 0 Å². The fraction of sp³-hybridized carbons (Fsp3) is 0.296. The Kier molecular flexibility index (Phi) is 6.35. The number of anilines is 2. The number of fused-ring (bicyclic) bond motifs is 3. The summed E-state index contributed by atoms with van der Waals surface area (Å²) in [4.78, 5) is 41.6. The van der Waals surface area contributed by atoms with E-state index in [1.807, 2.05) is 35.8 Å². The lowest BCUT2D eigenvalue weighted by Crippen LogP contribution is -2.37. The number of nitrogens with one attached hydrogen (secondary N) is 3. The molecule has 5 rings (SSSR count). The number of pyridine rings is 1. The average molecular weight is 516 g/mol. The van der Waals surface area contributed by atoms with Gasteiger partial charge in [-0.3, -0.25) is 19.6 Å². The van der Waals surface area contributed by atoms with Crippen molar-refractivity contribution in [3.63, 3.8) is 0 Å². The molecule has 11 heteroatoms. The number of nitrogens with zero attached hydrogens (tertiary/aromatic N) is 4. The highest BCUT2D eigenvalue weighted by atomic mass is 16.6. The van der Waals surface area contributed by atoms with Gasteiger partial charge in [-0.05, 0) is 63.6 Å². The van der Waals surface area contributed by atoms with E-state index in [1.165, 1.54) is 6.20 Å². The van der Waals surface area contributed by atoms with Gasteiger partial charge in [0.2, 0.25) is 0 Å². The lowest BCUT2D eigenvalue weighted by Gasteiger charge is -2.23. The molecule has 0 saturated heterocycles. The SMILES string of the molecule is C[C@@H]1CNC(=O)c2cc3ccc(NC(=O)c4cnn(Cc5ccc(NC(=O)OC(C)(C)C)cc5)c4)nc3n21. The van der Waals surface area contributed by atoms with E-state index in [0.29, 0.717) is 41.5 Å². The average Bonchev–Trinajstić information content (AvgIpc) is 3.47. The van der Waals surface area contributed by atoms with Crippen LogP contribution in [0.4, 0.5) is 16.3 Å². The molecule has 0 aliphatic carbocycles. The van der Waals surface area contributed by atoms with Crippen molar-refractivity contribution < 1.29 is 19.1 Å². The van der Waals surface area contributed by atoms with E-state index in [1.54, 1.807) is 49.8 Å². The van der Waals surface area contributed by atoms with Crippen LogP contribution >= 0.6 is 0 Å². The summed E-state index contributed by atoms with van der Waals surface area (Å²) in [5.74, 6) is -0.0772. The van der Waals surface area contributed by atoms with Crippen molar-refractivity contribution in [2.75, 3.05) is 17.2 Å². The van der Waals surface area contributed by atoms with Crippen LogP contribution in [0.25, 0.3) is 11.0 Å². The summed E-state index contributed by atoms with van der Waals surface area (Å²) < 4.78 is 8.82. The van der Waals surface area contributed by atoms with Crippen molar-refractivity contribution in [2.45, 2.75) is 45.9 Å². The van der Waals surface area contributed by atoms with E-state index in [-0.39, 0.29) is 17.9 Å².